The third kappa shape index (κ3) is 6.25. The fourth-order valence-corrected chi connectivity index (χ4v) is 5.35. The van der Waals surface area contributed by atoms with Crippen LogP contribution in [0, 0.1) is 16.0 Å². The lowest BCUT2D eigenvalue weighted by atomic mass is 9.98. The van der Waals surface area contributed by atoms with Crippen molar-refractivity contribution in [3.05, 3.63) is 69.2 Å². The average Bonchev–Trinajstić information content (AvgIpc) is 2.76. The summed E-state index contributed by atoms with van der Waals surface area (Å²) in [5, 5.41) is 13.8. The topological polar surface area (TPSA) is 110 Å². The van der Waals surface area contributed by atoms with E-state index >= 15 is 0 Å². The number of nitrogens with one attached hydrogen (secondary N) is 1. The van der Waals surface area contributed by atoms with Crippen LogP contribution in [-0.4, -0.2) is 42.4 Å². The highest BCUT2D eigenvalue weighted by atomic mass is 35.5. The Morgan fingerprint density at radius 3 is 2.68 bits per heavy atom. The first kappa shape index (κ1) is 23.2. The molecular formula is C21H24ClN3O5S. The molecule has 0 bridgehead atoms. The van der Waals surface area contributed by atoms with Crippen molar-refractivity contribution >= 4 is 38.9 Å². The number of benzene rings is 2. The van der Waals surface area contributed by atoms with Crippen molar-refractivity contribution in [3.63, 3.8) is 0 Å². The predicted octanol–water partition coefficient (Wildman–Crippen LogP) is 3.86. The van der Waals surface area contributed by atoms with Crippen LogP contribution >= 0.6 is 11.6 Å². The molecule has 2 aromatic rings. The zero-order valence-electron chi connectivity index (χ0n) is 16.9. The van der Waals surface area contributed by atoms with Crippen molar-refractivity contribution in [2.75, 3.05) is 24.2 Å². The van der Waals surface area contributed by atoms with Crippen LogP contribution in [0.2, 0.25) is 5.02 Å². The molecule has 0 radical (unpaired) electrons. The lowest BCUT2D eigenvalue weighted by Gasteiger charge is -2.31. The predicted molar refractivity (Wildman–Crippen MR) is 120 cm³/mol. The van der Waals surface area contributed by atoms with Gasteiger partial charge >= 0.3 is 0 Å². The maximum Gasteiger partial charge on any atom is 0.271 e. The maximum atomic E-state index is 12.8. The molecular weight excluding hydrogens is 442 g/mol. The van der Waals surface area contributed by atoms with Gasteiger partial charge in [0.1, 0.15) is 0 Å². The van der Waals surface area contributed by atoms with Crippen molar-refractivity contribution in [2.24, 2.45) is 5.92 Å². The third-order valence-electron chi connectivity index (χ3n) is 5.28. The Morgan fingerprint density at radius 1 is 1.23 bits per heavy atom. The molecule has 1 amide bonds. The smallest absolute Gasteiger partial charge is 0.271 e. The fourth-order valence-electron chi connectivity index (χ4n) is 3.60. The molecule has 1 N–H and O–H groups in total. The van der Waals surface area contributed by atoms with Gasteiger partial charge in [-0.2, -0.15) is 0 Å². The molecule has 1 atom stereocenters. The van der Waals surface area contributed by atoms with Gasteiger partial charge < -0.3 is 5.32 Å². The van der Waals surface area contributed by atoms with Crippen LogP contribution in [0.25, 0.3) is 0 Å². The first-order chi connectivity index (χ1) is 14.8. The summed E-state index contributed by atoms with van der Waals surface area (Å²) in [7, 11) is -3.48. The number of anilines is 1. The molecule has 0 aliphatic carbocycles. The van der Waals surface area contributed by atoms with Gasteiger partial charge in [0.15, 0.2) is 0 Å². The first-order valence-electron chi connectivity index (χ1n) is 10.0. The second kappa shape index (κ2) is 10.2. The first-order valence-corrected chi connectivity index (χ1v) is 12.0. The number of aryl methyl sites for hydroxylation is 1. The number of nitrogens with zero attached hydrogens (tertiary/aromatic N) is 2. The quantitative estimate of drug-likeness (QED) is 0.470. The number of non-ortho nitro benzene ring substituents is 1. The normalized spacial score (nSPS) is 17.3. The van der Waals surface area contributed by atoms with Crippen LogP contribution in [-0.2, 0) is 21.2 Å². The summed E-state index contributed by atoms with van der Waals surface area (Å²) >= 11 is 6.05. The summed E-state index contributed by atoms with van der Waals surface area (Å²) in [5.41, 5.74) is 1.04. The Labute approximate surface area is 186 Å². The Morgan fingerprint density at radius 2 is 1.97 bits per heavy atom. The van der Waals surface area contributed by atoms with Gasteiger partial charge in [0, 0.05) is 25.2 Å². The van der Waals surface area contributed by atoms with E-state index in [2.05, 4.69) is 5.32 Å². The van der Waals surface area contributed by atoms with E-state index in [1.54, 1.807) is 0 Å². The zero-order valence-corrected chi connectivity index (χ0v) is 18.4. The minimum Gasteiger partial charge on any atom is -0.324 e. The number of amides is 1. The summed E-state index contributed by atoms with van der Waals surface area (Å²) in [6.45, 7) is 0.473. The van der Waals surface area contributed by atoms with Crippen LogP contribution in [0.1, 0.15) is 24.8 Å². The Hall–Kier alpha value is -2.49. The van der Waals surface area contributed by atoms with Crippen molar-refractivity contribution in [2.45, 2.75) is 25.7 Å². The molecule has 1 saturated heterocycles. The van der Waals surface area contributed by atoms with E-state index in [1.807, 2.05) is 30.3 Å². The SMILES string of the molecule is O=C(Nc1cc([N+](=O)[O-])ccc1Cl)[C@@H]1CCCN(S(=O)(=O)CCCc2ccccc2)C1. The maximum absolute atomic E-state index is 12.8. The standard InChI is InChI=1S/C21H24ClN3O5S/c22-19-11-10-18(25(27)28)14-20(19)23-21(26)17-9-4-12-24(15-17)31(29,30)13-5-8-16-6-2-1-3-7-16/h1-3,6-7,10-11,14,17H,4-5,8-9,12-13,15H2,(H,23,26)/t17-/m1/s1. The highest BCUT2D eigenvalue weighted by Gasteiger charge is 2.32. The van der Waals surface area contributed by atoms with Gasteiger partial charge in [-0.15, -0.1) is 0 Å². The molecule has 1 aliphatic rings. The second-order valence-electron chi connectivity index (χ2n) is 7.51. The number of sulfonamides is 1. The summed E-state index contributed by atoms with van der Waals surface area (Å²) in [5.74, 6) is -0.924. The molecule has 0 saturated carbocycles. The molecule has 0 unspecified atom stereocenters. The van der Waals surface area contributed by atoms with Gasteiger partial charge in [-0.3, -0.25) is 14.9 Å². The van der Waals surface area contributed by atoms with E-state index in [1.165, 1.54) is 22.5 Å². The van der Waals surface area contributed by atoms with Crippen molar-refractivity contribution in [1.82, 2.24) is 4.31 Å². The van der Waals surface area contributed by atoms with Crippen molar-refractivity contribution < 1.29 is 18.1 Å². The molecule has 8 nitrogen and oxygen atoms in total. The molecule has 3 rings (SSSR count). The summed E-state index contributed by atoms with van der Waals surface area (Å²) in [6.07, 6.45) is 2.28. The van der Waals surface area contributed by atoms with Gasteiger partial charge in [0.2, 0.25) is 15.9 Å². The van der Waals surface area contributed by atoms with Crippen LogP contribution in [0.15, 0.2) is 48.5 Å². The van der Waals surface area contributed by atoms with E-state index in [4.69, 9.17) is 11.6 Å². The van der Waals surface area contributed by atoms with E-state index in [0.717, 1.165) is 5.56 Å². The van der Waals surface area contributed by atoms with Crippen molar-refractivity contribution in [3.8, 4) is 0 Å². The van der Waals surface area contributed by atoms with E-state index in [0.29, 0.717) is 32.2 Å². The number of nitro groups is 1. The Bertz CT molecular complexity index is 1050. The number of rotatable bonds is 8. The summed E-state index contributed by atoms with van der Waals surface area (Å²) < 4.78 is 26.9. The summed E-state index contributed by atoms with van der Waals surface area (Å²) in [4.78, 5) is 23.1. The molecule has 1 aliphatic heterocycles. The molecule has 2 aromatic carbocycles. The van der Waals surface area contributed by atoms with Crippen molar-refractivity contribution in [1.29, 1.82) is 0 Å². The van der Waals surface area contributed by atoms with E-state index in [9.17, 15) is 23.3 Å². The highest BCUT2D eigenvalue weighted by molar-refractivity contribution is 7.89. The lowest BCUT2D eigenvalue weighted by molar-refractivity contribution is -0.384. The number of nitro benzene ring substituents is 1. The zero-order chi connectivity index (χ0) is 22.4. The lowest BCUT2D eigenvalue weighted by Crippen LogP contribution is -2.44. The molecule has 0 aromatic heterocycles. The van der Waals surface area contributed by atoms with Crippen LogP contribution in [0.4, 0.5) is 11.4 Å². The Balaban J connectivity index is 1.59. The van der Waals surface area contributed by atoms with Gasteiger partial charge in [-0.1, -0.05) is 41.9 Å². The number of hydrogen-bond acceptors (Lipinski definition) is 5. The van der Waals surface area contributed by atoms with Gasteiger partial charge in [-0.05, 0) is 37.3 Å². The largest absolute Gasteiger partial charge is 0.324 e. The van der Waals surface area contributed by atoms with Crippen LogP contribution in [0.3, 0.4) is 0 Å². The number of carbonyl (C=O) groups is 1. The monoisotopic (exact) mass is 465 g/mol. The van der Waals surface area contributed by atoms with Gasteiger partial charge in [0.05, 0.1) is 27.3 Å². The number of piperidine rings is 1. The molecule has 166 valence electrons. The molecule has 1 fully saturated rings. The molecule has 10 heteroatoms. The Kier molecular flexibility index (Phi) is 7.64. The van der Waals surface area contributed by atoms with E-state index in [-0.39, 0.29) is 28.7 Å². The number of hydrogen-bond donors (Lipinski definition) is 1. The third-order valence-corrected chi connectivity index (χ3v) is 7.53. The van der Waals surface area contributed by atoms with E-state index < -0.39 is 26.8 Å². The van der Waals surface area contributed by atoms with Crippen LogP contribution in [0.5, 0.6) is 0 Å². The minimum atomic E-state index is -3.48. The van der Waals surface area contributed by atoms with Crippen LogP contribution < -0.4 is 5.32 Å². The molecule has 0 spiro atoms. The van der Waals surface area contributed by atoms with Gasteiger partial charge in [-0.25, -0.2) is 12.7 Å². The minimum absolute atomic E-state index is 0.0208. The molecule has 1 heterocycles. The molecule has 31 heavy (non-hydrogen) atoms. The highest BCUT2D eigenvalue weighted by Crippen LogP contribution is 2.28. The fraction of sp³-hybridized carbons (Fsp3) is 0.381. The number of carbonyl (C=O) groups excluding carboxylic acids is 1. The summed E-state index contributed by atoms with van der Waals surface area (Å²) in [6, 6.07) is 13.5. The van der Waals surface area contributed by atoms with Gasteiger partial charge in [0.25, 0.3) is 5.69 Å². The second-order valence-corrected chi connectivity index (χ2v) is 10.0. The number of halogens is 1. The average molecular weight is 466 g/mol.